The van der Waals surface area contributed by atoms with E-state index in [1.807, 2.05) is 63.2 Å². The van der Waals surface area contributed by atoms with Crippen LogP contribution in [0.4, 0.5) is 0 Å². The van der Waals surface area contributed by atoms with Crippen LogP contribution < -0.4 is 14.8 Å². The average molecular weight is 313 g/mol. The van der Waals surface area contributed by atoms with Gasteiger partial charge in [0.25, 0.3) is 5.91 Å². The summed E-state index contributed by atoms with van der Waals surface area (Å²) >= 11 is 0. The van der Waals surface area contributed by atoms with Gasteiger partial charge < -0.3 is 14.8 Å². The molecule has 23 heavy (non-hydrogen) atoms. The predicted molar refractivity (Wildman–Crippen MR) is 91.1 cm³/mol. The molecule has 0 aromatic heterocycles. The van der Waals surface area contributed by atoms with Gasteiger partial charge in [-0.25, -0.2) is 0 Å². The number of benzene rings is 2. The van der Waals surface area contributed by atoms with Gasteiger partial charge in [0, 0.05) is 0 Å². The zero-order valence-corrected chi connectivity index (χ0v) is 13.9. The van der Waals surface area contributed by atoms with E-state index in [2.05, 4.69) is 5.32 Å². The van der Waals surface area contributed by atoms with Gasteiger partial charge >= 0.3 is 0 Å². The van der Waals surface area contributed by atoms with Crippen LogP contribution in [0.15, 0.2) is 42.5 Å². The van der Waals surface area contributed by atoms with E-state index in [9.17, 15) is 4.79 Å². The Morgan fingerprint density at radius 3 is 2.48 bits per heavy atom. The van der Waals surface area contributed by atoms with Crippen molar-refractivity contribution in [3.8, 4) is 11.5 Å². The number of hydrogen-bond acceptors (Lipinski definition) is 3. The lowest BCUT2D eigenvalue weighted by Crippen LogP contribution is -2.32. The fourth-order valence-electron chi connectivity index (χ4n) is 2.07. The Labute approximate surface area is 137 Å². The molecule has 0 atom stereocenters. The quantitative estimate of drug-likeness (QED) is 0.799. The molecule has 2 rings (SSSR count). The second kappa shape index (κ2) is 8.22. The van der Waals surface area contributed by atoms with Crippen molar-refractivity contribution >= 4 is 5.91 Å². The van der Waals surface area contributed by atoms with E-state index in [4.69, 9.17) is 9.47 Å². The molecule has 1 amide bonds. The maximum absolute atomic E-state index is 11.8. The van der Waals surface area contributed by atoms with Crippen LogP contribution in [0.5, 0.6) is 11.5 Å². The molecule has 122 valence electrons. The molecule has 0 aliphatic heterocycles. The zero-order valence-electron chi connectivity index (χ0n) is 13.9. The molecule has 1 N–H and O–H groups in total. The van der Waals surface area contributed by atoms with Crippen LogP contribution in [0.3, 0.4) is 0 Å². The van der Waals surface area contributed by atoms with Gasteiger partial charge in [0.15, 0.2) is 6.61 Å². The predicted octanol–water partition coefficient (Wildman–Crippen LogP) is 3.19. The molecule has 2 aromatic carbocycles. The van der Waals surface area contributed by atoms with Crippen molar-refractivity contribution < 1.29 is 14.3 Å². The molecule has 2 aromatic rings. The molecule has 0 spiro atoms. The van der Waals surface area contributed by atoms with E-state index in [1.54, 1.807) is 0 Å². The van der Waals surface area contributed by atoms with Crippen molar-refractivity contribution in [2.24, 2.45) is 0 Å². The first kappa shape index (κ1) is 16.9. The third kappa shape index (κ3) is 5.33. The summed E-state index contributed by atoms with van der Waals surface area (Å²) < 4.78 is 11.1. The summed E-state index contributed by atoms with van der Waals surface area (Å²) in [6.45, 7) is 6.94. The lowest BCUT2D eigenvalue weighted by atomic mass is 10.1. The molecule has 0 heterocycles. The van der Waals surface area contributed by atoms with Gasteiger partial charge in [0.2, 0.25) is 0 Å². The minimum atomic E-state index is -0.156. The van der Waals surface area contributed by atoms with Crippen molar-refractivity contribution in [1.29, 1.82) is 0 Å². The van der Waals surface area contributed by atoms with Gasteiger partial charge in [0.1, 0.15) is 18.1 Å². The molecule has 0 saturated heterocycles. The van der Waals surface area contributed by atoms with Crippen molar-refractivity contribution in [3.63, 3.8) is 0 Å². The fourth-order valence-corrected chi connectivity index (χ4v) is 2.07. The van der Waals surface area contributed by atoms with Gasteiger partial charge in [-0.3, -0.25) is 4.79 Å². The van der Waals surface area contributed by atoms with Crippen molar-refractivity contribution in [3.05, 3.63) is 59.2 Å². The summed E-state index contributed by atoms with van der Waals surface area (Å²) in [6, 6.07) is 13.6. The second-order valence-corrected chi connectivity index (χ2v) is 5.50. The van der Waals surface area contributed by atoms with Crippen LogP contribution in [0, 0.1) is 20.8 Å². The Balaban J connectivity index is 1.67. The van der Waals surface area contributed by atoms with Gasteiger partial charge in [0.05, 0.1) is 6.54 Å². The number of amides is 1. The summed E-state index contributed by atoms with van der Waals surface area (Å²) in [5, 5.41) is 2.78. The number of rotatable bonds is 7. The van der Waals surface area contributed by atoms with Crippen molar-refractivity contribution in [2.45, 2.75) is 20.8 Å². The number of ether oxygens (including phenoxy) is 2. The number of carbonyl (C=O) groups is 1. The topological polar surface area (TPSA) is 47.6 Å². The SMILES string of the molecule is Cc1ccc(OCC(=O)NCCOc2ccccc2C)cc1C. The van der Waals surface area contributed by atoms with Crippen LogP contribution in [0.25, 0.3) is 0 Å². The van der Waals surface area contributed by atoms with Crippen LogP contribution in [0.1, 0.15) is 16.7 Å². The molecule has 0 fully saturated rings. The highest BCUT2D eigenvalue weighted by molar-refractivity contribution is 5.77. The molecule has 0 saturated carbocycles. The number of para-hydroxylation sites is 1. The Morgan fingerprint density at radius 1 is 0.957 bits per heavy atom. The van der Waals surface area contributed by atoms with Crippen molar-refractivity contribution in [1.82, 2.24) is 5.32 Å². The monoisotopic (exact) mass is 313 g/mol. The van der Waals surface area contributed by atoms with E-state index in [1.165, 1.54) is 5.56 Å². The third-order valence-corrected chi connectivity index (χ3v) is 3.62. The maximum atomic E-state index is 11.8. The minimum Gasteiger partial charge on any atom is -0.491 e. The van der Waals surface area contributed by atoms with Gasteiger partial charge in [-0.2, -0.15) is 0 Å². The van der Waals surface area contributed by atoms with Crippen LogP contribution in [-0.4, -0.2) is 25.7 Å². The molecule has 0 bridgehead atoms. The smallest absolute Gasteiger partial charge is 0.258 e. The van der Waals surface area contributed by atoms with Gasteiger partial charge in [-0.15, -0.1) is 0 Å². The van der Waals surface area contributed by atoms with E-state index >= 15 is 0 Å². The summed E-state index contributed by atoms with van der Waals surface area (Å²) in [5.74, 6) is 1.39. The number of aryl methyl sites for hydroxylation is 3. The maximum Gasteiger partial charge on any atom is 0.258 e. The fraction of sp³-hybridized carbons (Fsp3) is 0.316. The van der Waals surface area contributed by atoms with E-state index in [0.717, 1.165) is 16.9 Å². The van der Waals surface area contributed by atoms with E-state index < -0.39 is 0 Å². The summed E-state index contributed by atoms with van der Waals surface area (Å²) in [5.41, 5.74) is 3.43. The van der Waals surface area contributed by atoms with E-state index in [0.29, 0.717) is 18.9 Å². The number of hydrogen-bond donors (Lipinski definition) is 1. The van der Waals surface area contributed by atoms with Gasteiger partial charge in [-0.1, -0.05) is 24.3 Å². The molecular weight excluding hydrogens is 290 g/mol. The number of carbonyl (C=O) groups excluding carboxylic acids is 1. The Kier molecular flexibility index (Phi) is 6.03. The summed E-state index contributed by atoms with van der Waals surface area (Å²) in [7, 11) is 0. The molecule has 0 radical (unpaired) electrons. The Bertz CT molecular complexity index is 667. The first-order valence-electron chi connectivity index (χ1n) is 7.71. The van der Waals surface area contributed by atoms with Crippen LogP contribution >= 0.6 is 0 Å². The molecular formula is C19H23NO3. The first-order valence-corrected chi connectivity index (χ1v) is 7.71. The third-order valence-electron chi connectivity index (χ3n) is 3.62. The normalized spacial score (nSPS) is 10.2. The minimum absolute atomic E-state index is 0.00681. The summed E-state index contributed by atoms with van der Waals surface area (Å²) in [6.07, 6.45) is 0. The summed E-state index contributed by atoms with van der Waals surface area (Å²) in [4.78, 5) is 11.8. The Hall–Kier alpha value is -2.49. The highest BCUT2D eigenvalue weighted by Crippen LogP contribution is 2.16. The highest BCUT2D eigenvalue weighted by atomic mass is 16.5. The van der Waals surface area contributed by atoms with Crippen LogP contribution in [-0.2, 0) is 4.79 Å². The molecule has 4 nitrogen and oxygen atoms in total. The first-order chi connectivity index (χ1) is 11.1. The number of nitrogens with one attached hydrogen (secondary N) is 1. The zero-order chi connectivity index (χ0) is 16.7. The average Bonchev–Trinajstić information content (AvgIpc) is 2.54. The van der Waals surface area contributed by atoms with Crippen LogP contribution in [0.2, 0.25) is 0 Å². The lowest BCUT2D eigenvalue weighted by Gasteiger charge is -2.11. The molecule has 0 aliphatic carbocycles. The molecule has 0 aliphatic rings. The van der Waals surface area contributed by atoms with E-state index in [-0.39, 0.29) is 12.5 Å². The lowest BCUT2D eigenvalue weighted by molar-refractivity contribution is -0.123. The highest BCUT2D eigenvalue weighted by Gasteiger charge is 2.04. The molecule has 0 unspecified atom stereocenters. The second-order valence-electron chi connectivity index (χ2n) is 5.50. The standard InChI is InChI=1S/C19H23NO3/c1-14-8-9-17(12-16(14)3)23-13-19(21)20-10-11-22-18-7-5-4-6-15(18)2/h4-9,12H,10-11,13H2,1-3H3,(H,20,21). The Morgan fingerprint density at radius 2 is 1.74 bits per heavy atom. The largest absolute Gasteiger partial charge is 0.491 e. The van der Waals surface area contributed by atoms with Crippen molar-refractivity contribution in [2.75, 3.05) is 19.8 Å². The van der Waals surface area contributed by atoms with Gasteiger partial charge in [-0.05, 0) is 55.7 Å². The molecule has 4 heteroatoms.